The minimum absolute atomic E-state index is 0.447. The van der Waals surface area contributed by atoms with Crippen LogP contribution in [-0.2, 0) is 0 Å². The first kappa shape index (κ1) is 14.1. The van der Waals surface area contributed by atoms with Gasteiger partial charge < -0.3 is 14.8 Å². The summed E-state index contributed by atoms with van der Waals surface area (Å²) in [6.45, 7) is 7.55. The number of hydrogen-bond acceptors (Lipinski definition) is 4. The smallest absolute Gasteiger partial charge is 0.159 e. The number of imidazole rings is 1. The zero-order valence-electron chi connectivity index (χ0n) is 13.8. The Balaban J connectivity index is 1.71. The summed E-state index contributed by atoms with van der Waals surface area (Å²) < 4.78 is 0. The Morgan fingerprint density at radius 1 is 1.23 bits per heavy atom. The van der Waals surface area contributed by atoms with Gasteiger partial charge >= 0.3 is 0 Å². The highest BCUT2D eigenvalue weighted by atomic mass is 15.4. The molecule has 3 aliphatic rings. The number of H-pyrrole nitrogens is 1. The number of amidine groups is 1. The van der Waals surface area contributed by atoms with Crippen molar-refractivity contribution in [2.24, 2.45) is 4.99 Å². The highest BCUT2D eigenvalue weighted by Crippen LogP contribution is 2.36. The molecule has 1 saturated carbocycles. The van der Waals surface area contributed by atoms with Crippen LogP contribution in [0.4, 0.5) is 5.82 Å². The number of fused-ring (bicyclic) bond motifs is 3. The normalized spacial score (nSPS) is 24.6. The van der Waals surface area contributed by atoms with Crippen LogP contribution in [-0.4, -0.2) is 46.5 Å². The average molecular weight is 301 g/mol. The highest BCUT2D eigenvalue weighted by molar-refractivity contribution is 6.04. The molecule has 0 radical (unpaired) electrons. The summed E-state index contributed by atoms with van der Waals surface area (Å²) in [5.41, 5.74) is 1.18. The van der Waals surface area contributed by atoms with Crippen molar-refractivity contribution in [3.8, 4) is 0 Å². The van der Waals surface area contributed by atoms with E-state index in [2.05, 4.69) is 28.6 Å². The second-order valence-corrected chi connectivity index (χ2v) is 6.94. The molecule has 1 aliphatic carbocycles. The first-order valence-electron chi connectivity index (χ1n) is 8.98. The van der Waals surface area contributed by atoms with Crippen LogP contribution < -0.4 is 4.90 Å². The van der Waals surface area contributed by atoms with Gasteiger partial charge in [-0.15, -0.1) is 0 Å². The summed E-state index contributed by atoms with van der Waals surface area (Å²) in [5, 5.41) is 0. The maximum absolute atomic E-state index is 5.01. The molecule has 1 atom stereocenters. The third-order valence-corrected chi connectivity index (χ3v) is 5.31. The van der Waals surface area contributed by atoms with Crippen molar-refractivity contribution in [1.82, 2.24) is 14.9 Å². The summed E-state index contributed by atoms with van der Waals surface area (Å²) in [5.74, 6) is 4.14. The molecule has 0 spiro atoms. The maximum atomic E-state index is 5.01. The van der Waals surface area contributed by atoms with E-state index >= 15 is 0 Å². The lowest BCUT2D eigenvalue weighted by atomic mass is 10.1. The van der Waals surface area contributed by atoms with Gasteiger partial charge in [-0.05, 0) is 25.7 Å². The molecule has 1 aromatic heterocycles. The van der Waals surface area contributed by atoms with Crippen molar-refractivity contribution < 1.29 is 0 Å². The Morgan fingerprint density at radius 3 is 2.77 bits per heavy atom. The van der Waals surface area contributed by atoms with E-state index in [4.69, 9.17) is 9.98 Å². The van der Waals surface area contributed by atoms with Crippen LogP contribution in [0.3, 0.4) is 0 Å². The van der Waals surface area contributed by atoms with Gasteiger partial charge in [-0.3, -0.25) is 4.99 Å². The first-order valence-corrected chi connectivity index (χ1v) is 8.98. The van der Waals surface area contributed by atoms with Crippen LogP contribution in [0.5, 0.6) is 0 Å². The fourth-order valence-electron chi connectivity index (χ4n) is 4.08. The van der Waals surface area contributed by atoms with Crippen molar-refractivity contribution in [3.63, 3.8) is 0 Å². The van der Waals surface area contributed by atoms with Crippen LogP contribution in [0.1, 0.15) is 69.8 Å². The number of hydrogen-bond donors (Lipinski definition) is 1. The van der Waals surface area contributed by atoms with Crippen LogP contribution in [0.25, 0.3) is 0 Å². The number of aromatic amines is 1. The largest absolute Gasteiger partial charge is 0.337 e. The van der Waals surface area contributed by atoms with E-state index in [1.807, 2.05) is 0 Å². The molecule has 22 heavy (non-hydrogen) atoms. The van der Waals surface area contributed by atoms with E-state index in [0.29, 0.717) is 12.0 Å². The van der Waals surface area contributed by atoms with Crippen LogP contribution >= 0.6 is 0 Å². The number of aromatic nitrogens is 2. The van der Waals surface area contributed by atoms with Crippen molar-refractivity contribution in [3.05, 3.63) is 11.5 Å². The van der Waals surface area contributed by atoms with Gasteiger partial charge in [0.25, 0.3) is 0 Å². The number of aliphatic imine (C=N–C) groups is 1. The van der Waals surface area contributed by atoms with Crippen LogP contribution in [0.15, 0.2) is 4.99 Å². The average Bonchev–Trinajstić information content (AvgIpc) is 3.24. The molecule has 2 aliphatic heterocycles. The summed E-state index contributed by atoms with van der Waals surface area (Å²) >= 11 is 0. The fourth-order valence-corrected chi connectivity index (χ4v) is 4.08. The molecule has 1 fully saturated rings. The van der Waals surface area contributed by atoms with Crippen molar-refractivity contribution in [2.45, 2.75) is 64.3 Å². The third-order valence-electron chi connectivity index (χ3n) is 5.31. The summed E-state index contributed by atoms with van der Waals surface area (Å²) in [4.78, 5) is 18.5. The lowest BCUT2D eigenvalue weighted by Gasteiger charge is -2.34. The quantitative estimate of drug-likeness (QED) is 0.929. The minimum atomic E-state index is 0.447. The molecule has 0 bridgehead atoms. The van der Waals surface area contributed by atoms with E-state index < -0.39 is 0 Å². The van der Waals surface area contributed by atoms with Crippen LogP contribution in [0, 0.1) is 0 Å². The zero-order valence-corrected chi connectivity index (χ0v) is 13.8. The van der Waals surface area contributed by atoms with Gasteiger partial charge in [0.05, 0.1) is 12.7 Å². The molecule has 0 saturated heterocycles. The summed E-state index contributed by atoms with van der Waals surface area (Å²) in [6.07, 6.45) is 7.54. The van der Waals surface area contributed by atoms with Gasteiger partial charge in [0.2, 0.25) is 0 Å². The lowest BCUT2D eigenvalue weighted by Crippen LogP contribution is -2.46. The number of nitrogens with one attached hydrogen (secondary N) is 1. The molecule has 1 N–H and O–H groups in total. The molecule has 120 valence electrons. The second kappa shape index (κ2) is 5.60. The Hall–Kier alpha value is -1.52. The van der Waals surface area contributed by atoms with E-state index in [1.165, 1.54) is 37.2 Å². The predicted molar refractivity (Wildman–Crippen MR) is 89.6 cm³/mol. The van der Waals surface area contributed by atoms with E-state index in [-0.39, 0.29) is 0 Å². The summed E-state index contributed by atoms with van der Waals surface area (Å²) in [7, 11) is 0. The van der Waals surface area contributed by atoms with E-state index in [0.717, 1.165) is 44.3 Å². The second-order valence-electron chi connectivity index (χ2n) is 6.94. The zero-order chi connectivity index (χ0) is 15.1. The molecular formula is C17H27N5. The molecule has 0 amide bonds. The Bertz CT molecular complexity index is 570. The van der Waals surface area contributed by atoms with Crippen molar-refractivity contribution in [1.29, 1.82) is 0 Å². The van der Waals surface area contributed by atoms with Gasteiger partial charge in [-0.2, -0.15) is 0 Å². The first-order chi connectivity index (χ1) is 10.8. The van der Waals surface area contributed by atoms with Gasteiger partial charge in [0.15, 0.2) is 11.7 Å². The molecular weight excluding hydrogens is 274 g/mol. The third kappa shape index (κ3) is 2.22. The summed E-state index contributed by atoms with van der Waals surface area (Å²) in [6, 6.07) is 0.447. The van der Waals surface area contributed by atoms with Gasteiger partial charge in [0.1, 0.15) is 11.5 Å². The minimum Gasteiger partial charge on any atom is -0.337 e. The van der Waals surface area contributed by atoms with Gasteiger partial charge in [-0.25, -0.2) is 4.98 Å². The topological polar surface area (TPSA) is 47.5 Å². The van der Waals surface area contributed by atoms with Crippen molar-refractivity contribution >= 4 is 11.7 Å². The van der Waals surface area contributed by atoms with E-state index in [1.54, 1.807) is 0 Å². The molecule has 0 aromatic carbocycles. The molecule has 5 heteroatoms. The van der Waals surface area contributed by atoms with E-state index in [9.17, 15) is 0 Å². The van der Waals surface area contributed by atoms with Gasteiger partial charge in [0, 0.05) is 19.0 Å². The van der Waals surface area contributed by atoms with Crippen LogP contribution in [0.2, 0.25) is 0 Å². The standard InChI is InChI=1S/C17H27N5/c1-3-9-21-11-22-10-13(4-2)18-16(22)14-17(21)20-15(19-14)12-7-5-6-8-12/h12-13H,3-11H2,1-2H3,(H,19,20). The maximum Gasteiger partial charge on any atom is 0.159 e. The van der Waals surface area contributed by atoms with Gasteiger partial charge in [-0.1, -0.05) is 26.7 Å². The number of nitrogens with zero attached hydrogens (tertiary/aromatic N) is 4. The molecule has 4 rings (SSSR count). The highest BCUT2D eigenvalue weighted by Gasteiger charge is 2.36. The number of anilines is 1. The lowest BCUT2D eigenvalue weighted by molar-refractivity contribution is 0.404. The monoisotopic (exact) mass is 301 g/mol. The number of rotatable bonds is 4. The molecule has 5 nitrogen and oxygen atoms in total. The Kier molecular flexibility index (Phi) is 3.59. The fraction of sp³-hybridized carbons (Fsp3) is 0.765. The molecule has 3 heterocycles. The predicted octanol–water partition coefficient (Wildman–Crippen LogP) is 3.10. The molecule has 1 unspecified atom stereocenters. The molecule has 1 aromatic rings. The van der Waals surface area contributed by atoms with Crippen molar-refractivity contribution in [2.75, 3.05) is 24.7 Å². The SMILES string of the molecule is CCCN1CN2CC(CC)N=C2c2[nH]c(C3CCCC3)nc21. The Labute approximate surface area is 132 Å². The Morgan fingerprint density at radius 2 is 2.05 bits per heavy atom.